The third kappa shape index (κ3) is 4.27. The average Bonchev–Trinajstić information content (AvgIpc) is 3.41. The standard InChI is InChI=1S/C22H23N5O3/c1-2-30-20-10-8-18(9-11-20)26-15-14-25(22(26)29)16-21(28)24-17-4-6-19(7-5-17)27-13-3-12-23-27/h3-13H,2,14-16H2,1H3,(H,24,28). The van der Waals surface area contributed by atoms with Crippen molar-refractivity contribution in [2.24, 2.45) is 0 Å². The van der Waals surface area contributed by atoms with Crippen molar-refractivity contribution in [1.29, 1.82) is 0 Å². The van der Waals surface area contributed by atoms with Crippen LogP contribution in [0.5, 0.6) is 5.75 Å². The lowest BCUT2D eigenvalue weighted by Gasteiger charge is -2.19. The molecule has 1 aromatic heterocycles. The fourth-order valence-corrected chi connectivity index (χ4v) is 3.35. The number of hydrogen-bond donors (Lipinski definition) is 1. The van der Waals surface area contributed by atoms with Gasteiger partial charge in [-0.25, -0.2) is 9.48 Å². The zero-order chi connectivity index (χ0) is 20.9. The van der Waals surface area contributed by atoms with Crippen LogP contribution in [-0.4, -0.2) is 52.9 Å². The van der Waals surface area contributed by atoms with Crippen molar-refractivity contribution in [2.45, 2.75) is 6.92 Å². The molecule has 0 atom stereocenters. The van der Waals surface area contributed by atoms with Crippen LogP contribution < -0.4 is 15.0 Å². The highest BCUT2D eigenvalue weighted by Gasteiger charge is 2.30. The van der Waals surface area contributed by atoms with Gasteiger partial charge in [-0.05, 0) is 61.5 Å². The number of nitrogens with zero attached hydrogens (tertiary/aromatic N) is 4. The van der Waals surface area contributed by atoms with Gasteiger partial charge < -0.3 is 15.0 Å². The Bertz CT molecular complexity index is 1000. The molecule has 1 fully saturated rings. The Labute approximate surface area is 174 Å². The quantitative estimate of drug-likeness (QED) is 0.655. The summed E-state index contributed by atoms with van der Waals surface area (Å²) in [6.45, 7) is 3.56. The van der Waals surface area contributed by atoms with E-state index in [2.05, 4.69) is 10.4 Å². The summed E-state index contributed by atoms with van der Waals surface area (Å²) in [5.74, 6) is 0.534. The summed E-state index contributed by atoms with van der Waals surface area (Å²) >= 11 is 0. The predicted octanol–water partition coefficient (Wildman–Crippen LogP) is 3.15. The second-order valence-electron chi connectivity index (χ2n) is 6.83. The molecule has 0 bridgehead atoms. The third-order valence-electron chi connectivity index (χ3n) is 4.81. The average molecular weight is 405 g/mol. The highest BCUT2D eigenvalue weighted by atomic mass is 16.5. The molecule has 8 nitrogen and oxygen atoms in total. The molecule has 30 heavy (non-hydrogen) atoms. The van der Waals surface area contributed by atoms with Crippen molar-refractivity contribution in [3.05, 3.63) is 67.0 Å². The first kappa shape index (κ1) is 19.5. The highest BCUT2D eigenvalue weighted by molar-refractivity contribution is 5.99. The van der Waals surface area contributed by atoms with Gasteiger partial charge in [-0.1, -0.05) is 0 Å². The lowest BCUT2D eigenvalue weighted by atomic mass is 10.3. The van der Waals surface area contributed by atoms with Crippen molar-refractivity contribution < 1.29 is 14.3 Å². The molecule has 1 N–H and O–H groups in total. The monoisotopic (exact) mass is 405 g/mol. The molecule has 4 rings (SSSR count). The van der Waals surface area contributed by atoms with Crippen LogP contribution in [0.2, 0.25) is 0 Å². The van der Waals surface area contributed by atoms with E-state index in [1.165, 1.54) is 0 Å². The number of rotatable bonds is 7. The molecule has 1 aliphatic rings. The summed E-state index contributed by atoms with van der Waals surface area (Å²) in [7, 11) is 0. The van der Waals surface area contributed by atoms with Crippen molar-refractivity contribution in [3.8, 4) is 11.4 Å². The summed E-state index contributed by atoms with van der Waals surface area (Å²) in [4.78, 5) is 28.4. The van der Waals surface area contributed by atoms with E-state index < -0.39 is 0 Å². The van der Waals surface area contributed by atoms with Gasteiger partial charge in [0.1, 0.15) is 12.3 Å². The Morgan fingerprint density at radius 1 is 1.07 bits per heavy atom. The number of ether oxygens (including phenoxy) is 1. The number of anilines is 2. The summed E-state index contributed by atoms with van der Waals surface area (Å²) in [6, 6.07) is 16.4. The number of aromatic nitrogens is 2. The first-order valence-corrected chi connectivity index (χ1v) is 9.83. The fourth-order valence-electron chi connectivity index (χ4n) is 3.35. The number of carbonyl (C=O) groups excluding carboxylic acids is 2. The molecule has 3 aromatic rings. The van der Waals surface area contributed by atoms with E-state index in [-0.39, 0.29) is 18.5 Å². The molecule has 8 heteroatoms. The third-order valence-corrected chi connectivity index (χ3v) is 4.81. The second kappa shape index (κ2) is 8.69. The van der Waals surface area contributed by atoms with Crippen LogP contribution >= 0.6 is 0 Å². The van der Waals surface area contributed by atoms with Crippen molar-refractivity contribution in [3.63, 3.8) is 0 Å². The summed E-state index contributed by atoms with van der Waals surface area (Å²) in [6.07, 6.45) is 3.56. The molecule has 0 unspecified atom stereocenters. The van der Waals surface area contributed by atoms with Gasteiger partial charge in [0, 0.05) is 36.9 Å². The molecule has 0 spiro atoms. The van der Waals surface area contributed by atoms with Crippen LogP contribution in [0.1, 0.15) is 6.92 Å². The van der Waals surface area contributed by atoms with E-state index in [0.717, 1.165) is 17.1 Å². The molecular weight excluding hydrogens is 382 g/mol. The van der Waals surface area contributed by atoms with Crippen LogP contribution in [0, 0.1) is 0 Å². The first-order valence-electron chi connectivity index (χ1n) is 9.83. The number of nitrogens with one attached hydrogen (secondary N) is 1. The number of urea groups is 1. The Morgan fingerprint density at radius 3 is 2.47 bits per heavy atom. The smallest absolute Gasteiger partial charge is 0.325 e. The van der Waals surface area contributed by atoms with E-state index in [4.69, 9.17) is 4.74 Å². The Hall–Kier alpha value is -3.81. The van der Waals surface area contributed by atoms with Crippen LogP contribution in [0.3, 0.4) is 0 Å². The Balaban J connectivity index is 1.33. The highest BCUT2D eigenvalue weighted by Crippen LogP contribution is 2.23. The van der Waals surface area contributed by atoms with Gasteiger partial charge in [0.2, 0.25) is 5.91 Å². The van der Waals surface area contributed by atoms with E-state index in [9.17, 15) is 9.59 Å². The minimum atomic E-state index is -0.233. The molecule has 0 radical (unpaired) electrons. The summed E-state index contributed by atoms with van der Waals surface area (Å²) in [5, 5.41) is 7.01. The topological polar surface area (TPSA) is 79.7 Å². The molecular formula is C22H23N5O3. The van der Waals surface area contributed by atoms with Crippen LogP contribution in [0.15, 0.2) is 67.0 Å². The normalized spacial score (nSPS) is 13.6. The van der Waals surface area contributed by atoms with E-state index >= 15 is 0 Å². The van der Waals surface area contributed by atoms with Gasteiger partial charge in [0.25, 0.3) is 0 Å². The van der Waals surface area contributed by atoms with Crippen molar-refractivity contribution in [2.75, 3.05) is 36.5 Å². The van der Waals surface area contributed by atoms with Gasteiger partial charge in [-0.15, -0.1) is 0 Å². The SMILES string of the molecule is CCOc1ccc(N2CCN(CC(=O)Nc3ccc(-n4cccn4)cc3)C2=O)cc1. The maximum absolute atomic E-state index is 12.7. The fraction of sp³-hybridized carbons (Fsp3) is 0.227. The summed E-state index contributed by atoms with van der Waals surface area (Å²) in [5.41, 5.74) is 2.37. The van der Waals surface area contributed by atoms with E-state index in [0.29, 0.717) is 25.4 Å². The predicted molar refractivity (Wildman–Crippen MR) is 114 cm³/mol. The van der Waals surface area contributed by atoms with Crippen molar-refractivity contribution in [1.82, 2.24) is 14.7 Å². The molecule has 3 amide bonds. The molecule has 0 aliphatic carbocycles. The second-order valence-corrected chi connectivity index (χ2v) is 6.83. The van der Waals surface area contributed by atoms with Crippen LogP contribution in [0.4, 0.5) is 16.2 Å². The number of amides is 3. The van der Waals surface area contributed by atoms with E-state index in [1.807, 2.05) is 67.7 Å². The Kier molecular flexibility index (Phi) is 5.65. The first-order chi connectivity index (χ1) is 14.6. The van der Waals surface area contributed by atoms with Gasteiger partial charge in [0.15, 0.2) is 0 Å². The Morgan fingerprint density at radius 2 is 1.80 bits per heavy atom. The molecule has 2 heterocycles. The number of benzene rings is 2. The lowest BCUT2D eigenvalue weighted by Crippen LogP contribution is -2.37. The molecule has 2 aromatic carbocycles. The number of carbonyl (C=O) groups is 2. The van der Waals surface area contributed by atoms with Crippen LogP contribution in [0.25, 0.3) is 5.69 Å². The van der Waals surface area contributed by atoms with E-state index in [1.54, 1.807) is 20.7 Å². The zero-order valence-electron chi connectivity index (χ0n) is 16.7. The van der Waals surface area contributed by atoms with Crippen LogP contribution in [-0.2, 0) is 4.79 Å². The largest absolute Gasteiger partial charge is 0.494 e. The lowest BCUT2D eigenvalue weighted by molar-refractivity contribution is -0.116. The molecule has 1 saturated heterocycles. The molecule has 154 valence electrons. The van der Waals surface area contributed by atoms with Gasteiger partial charge in [-0.2, -0.15) is 5.10 Å². The zero-order valence-corrected chi connectivity index (χ0v) is 16.7. The summed E-state index contributed by atoms with van der Waals surface area (Å²) < 4.78 is 7.18. The maximum atomic E-state index is 12.7. The number of hydrogen-bond acceptors (Lipinski definition) is 4. The van der Waals surface area contributed by atoms with Gasteiger partial charge in [-0.3, -0.25) is 9.69 Å². The molecule has 0 saturated carbocycles. The molecule has 1 aliphatic heterocycles. The van der Waals surface area contributed by atoms with Gasteiger partial charge in [0.05, 0.1) is 12.3 Å². The van der Waals surface area contributed by atoms with Crippen molar-refractivity contribution >= 4 is 23.3 Å². The van der Waals surface area contributed by atoms with Gasteiger partial charge >= 0.3 is 6.03 Å². The maximum Gasteiger partial charge on any atom is 0.325 e. The minimum Gasteiger partial charge on any atom is -0.494 e. The minimum absolute atomic E-state index is 0.00721.